The van der Waals surface area contributed by atoms with Crippen molar-refractivity contribution >= 4 is 29.0 Å². The van der Waals surface area contributed by atoms with E-state index in [9.17, 15) is 4.79 Å². The molecule has 154 valence electrons. The smallest absolute Gasteiger partial charge is 0.231 e. The lowest BCUT2D eigenvalue weighted by atomic mass is 9.95. The van der Waals surface area contributed by atoms with Crippen molar-refractivity contribution in [3.05, 3.63) is 52.4 Å². The molecule has 0 aliphatic heterocycles. The average Bonchev–Trinajstić information content (AvgIpc) is 3.50. The molecule has 0 unspecified atom stereocenters. The van der Waals surface area contributed by atoms with Crippen LogP contribution in [-0.2, 0) is 11.2 Å². The zero-order chi connectivity index (χ0) is 20.1. The van der Waals surface area contributed by atoms with Gasteiger partial charge in [0.05, 0.1) is 18.1 Å². The Kier molecular flexibility index (Phi) is 6.71. The molecule has 3 heterocycles. The standard InChI is InChI=1S/C21H26N4O2S2/c1-15(18-10-5-11-27-18)22-20(26)14-29-21-24-23-19(13-17-9-6-12-28-17)25(21)16-7-3-2-4-8-16/h5-6,9-12,15-16H,2-4,7-8,13-14H2,1H3,(H,22,26)/t15-/m1/s1. The van der Waals surface area contributed by atoms with Crippen LogP contribution >= 0.6 is 23.1 Å². The number of furan rings is 1. The van der Waals surface area contributed by atoms with Gasteiger partial charge in [0.2, 0.25) is 5.91 Å². The quantitative estimate of drug-likeness (QED) is 0.509. The Morgan fingerprint density at radius 2 is 2.17 bits per heavy atom. The van der Waals surface area contributed by atoms with Crippen molar-refractivity contribution in [1.82, 2.24) is 20.1 Å². The maximum atomic E-state index is 12.4. The summed E-state index contributed by atoms with van der Waals surface area (Å²) >= 11 is 3.22. The average molecular weight is 431 g/mol. The molecule has 8 heteroatoms. The largest absolute Gasteiger partial charge is 0.467 e. The summed E-state index contributed by atoms with van der Waals surface area (Å²) < 4.78 is 7.66. The van der Waals surface area contributed by atoms with Gasteiger partial charge in [-0.2, -0.15) is 0 Å². The van der Waals surface area contributed by atoms with Crippen LogP contribution in [0.15, 0.2) is 45.5 Å². The van der Waals surface area contributed by atoms with Gasteiger partial charge >= 0.3 is 0 Å². The molecule has 1 atom stereocenters. The third kappa shape index (κ3) is 5.11. The van der Waals surface area contributed by atoms with E-state index in [1.807, 2.05) is 19.1 Å². The fourth-order valence-electron chi connectivity index (χ4n) is 3.82. The summed E-state index contributed by atoms with van der Waals surface area (Å²) in [6.07, 6.45) is 8.51. The molecule has 1 N–H and O–H groups in total. The van der Waals surface area contributed by atoms with E-state index in [0.717, 1.165) is 36.0 Å². The minimum Gasteiger partial charge on any atom is -0.467 e. The summed E-state index contributed by atoms with van der Waals surface area (Å²) in [7, 11) is 0. The molecule has 1 saturated carbocycles. The van der Waals surface area contributed by atoms with Crippen molar-refractivity contribution in [2.75, 3.05) is 5.75 Å². The normalized spacial score (nSPS) is 16.0. The van der Waals surface area contributed by atoms with E-state index in [1.165, 1.54) is 35.9 Å². The number of carbonyl (C=O) groups excluding carboxylic acids is 1. The monoisotopic (exact) mass is 430 g/mol. The number of aromatic nitrogens is 3. The second-order valence-corrected chi connectivity index (χ2v) is 9.38. The van der Waals surface area contributed by atoms with Gasteiger partial charge in [-0.3, -0.25) is 4.79 Å². The lowest BCUT2D eigenvalue weighted by Crippen LogP contribution is -2.28. The number of hydrogen-bond donors (Lipinski definition) is 1. The van der Waals surface area contributed by atoms with Crippen LogP contribution < -0.4 is 5.32 Å². The number of nitrogens with one attached hydrogen (secondary N) is 1. The summed E-state index contributed by atoms with van der Waals surface area (Å²) in [4.78, 5) is 13.7. The molecule has 0 aromatic carbocycles. The minimum absolute atomic E-state index is 0.0306. The lowest BCUT2D eigenvalue weighted by Gasteiger charge is -2.25. The van der Waals surface area contributed by atoms with Crippen molar-refractivity contribution in [1.29, 1.82) is 0 Å². The van der Waals surface area contributed by atoms with Gasteiger partial charge in [-0.25, -0.2) is 0 Å². The number of amides is 1. The van der Waals surface area contributed by atoms with Gasteiger partial charge in [0.1, 0.15) is 11.6 Å². The first-order valence-corrected chi connectivity index (χ1v) is 12.0. The van der Waals surface area contributed by atoms with Crippen molar-refractivity contribution in [2.24, 2.45) is 0 Å². The molecule has 6 nitrogen and oxygen atoms in total. The fourth-order valence-corrected chi connectivity index (χ4v) is 5.36. The molecule has 1 aliphatic rings. The summed E-state index contributed by atoms with van der Waals surface area (Å²) in [5.41, 5.74) is 0. The predicted molar refractivity (Wildman–Crippen MR) is 115 cm³/mol. The van der Waals surface area contributed by atoms with Gasteiger partial charge in [-0.15, -0.1) is 21.5 Å². The SMILES string of the molecule is C[C@@H](NC(=O)CSc1nnc(Cc2cccs2)n1C1CCCCC1)c1ccco1. The summed E-state index contributed by atoms with van der Waals surface area (Å²) in [5, 5.41) is 14.9. The Labute approximate surface area is 179 Å². The van der Waals surface area contributed by atoms with E-state index < -0.39 is 0 Å². The number of thiophene rings is 1. The van der Waals surface area contributed by atoms with Crippen LogP contribution in [0.4, 0.5) is 0 Å². The molecular formula is C21H26N4O2S2. The van der Waals surface area contributed by atoms with Crippen molar-refractivity contribution in [2.45, 2.75) is 62.7 Å². The molecule has 0 spiro atoms. The number of nitrogens with zero attached hydrogens (tertiary/aromatic N) is 3. The molecule has 3 aromatic heterocycles. The van der Waals surface area contributed by atoms with Crippen LogP contribution in [0.1, 0.15) is 67.6 Å². The molecule has 3 aromatic rings. The second-order valence-electron chi connectivity index (χ2n) is 7.41. The Morgan fingerprint density at radius 3 is 2.90 bits per heavy atom. The lowest BCUT2D eigenvalue weighted by molar-refractivity contribution is -0.119. The van der Waals surface area contributed by atoms with Crippen molar-refractivity contribution in [3.63, 3.8) is 0 Å². The maximum absolute atomic E-state index is 12.4. The van der Waals surface area contributed by atoms with E-state index in [0.29, 0.717) is 11.8 Å². The highest BCUT2D eigenvalue weighted by atomic mass is 32.2. The van der Waals surface area contributed by atoms with Gasteiger partial charge in [-0.05, 0) is 43.3 Å². The third-order valence-electron chi connectivity index (χ3n) is 5.27. The third-order valence-corrected chi connectivity index (χ3v) is 7.09. The van der Waals surface area contributed by atoms with Gasteiger partial charge < -0.3 is 14.3 Å². The Bertz CT molecular complexity index is 899. The molecule has 1 amide bonds. The van der Waals surface area contributed by atoms with Crippen LogP contribution in [0, 0.1) is 0 Å². The molecule has 1 aliphatic carbocycles. The highest BCUT2D eigenvalue weighted by molar-refractivity contribution is 7.99. The van der Waals surface area contributed by atoms with Crippen LogP contribution in [0.25, 0.3) is 0 Å². The van der Waals surface area contributed by atoms with Crippen molar-refractivity contribution < 1.29 is 9.21 Å². The van der Waals surface area contributed by atoms with Gasteiger partial charge in [0.15, 0.2) is 5.16 Å². The van der Waals surface area contributed by atoms with Crippen LogP contribution in [0.3, 0.4) is 0 Å². The molecule has 1 fully saturated rings. The van der Waals surface area contributed by atoms with E-state index in [1.54, 1.807) is 17.6 Å². The number of rotatable bonds is 8. The molecule has 0 bridgehead atoms. The highest BCUT2D eigenvalue weighted by Gasteiger charge is 2.24. The van der Waals surface area contributed by atoms with Gasteiger partial charge in [0, 0.05) is 17.3 Å². The molecule has 4 rings (SSSR count). The molecule has 0 saturated heterocycles. The van der Waals surface area contributed by atoms with E-state index >= 15 is 0 Å². The Morgan fingerprint density at radius 1 is 1.31 bits per heavy atom. The van der Waals surface area contributed by atoms with E-state index in [-0.39, 0.29) is 11.9 Å². The number of thioether (sulfide) groups is 1. The first-order valence-electron chi connectivity index (χ1n) is 10.1. The van der Waals surface area contributed by atoms with Crippen molar-refractivity contribution in [3.8, 4) is 0 Å². The fraction of sp³-hybridized carbons (Fsp3) is 0.476. The van der Waals surface area contributed by atoms with E-state index in [4.69, 9.17) is 4.42 Å². The number of hydrogen-bond acceptors (Lipinski definition) is 6. The van der Waals surface area contributed by atoms with Crippen LogP contribution in [0.5, 0.6) is 0 Å². The summed E-state index contributed by atoms with van der Waals surface area (Å²) in [5.74, 6) is 2.05. The minimum atomic E-state index is -0.149. The first kappa shape index (κ1) is 20.2. The second kappa shape index (κ2) is 9.63. The Hall–Kier alpha value is -2.06. The van der Waals surface area contributed by atoms with Crippen LogP contribution in [0.2, 0.25) is 0 Å². The summed E-state index contributed by atoms with van der Waals surface area (Å²) in [6, 6.07) is 8.19. The van der Waals surface area contributed by atoms with E-state index in [2.05, 4.69) is 37.6 Å². The van der Waals surface area contributed by atoms with Gasteiger partial charge in [-0.1, -0.05) is 37.1 Å². The summed E-state index contributed by atoms with van der Waals surface area (Å²) in [6.45, 7) is 1.92. The zero-order valence-electron chi connectivity index (χ0n) is 16.5. The first-order chi connectivity index (χ1) is 14.2. The maximum Gasteiger partial charge on any atom is 0.231 e. The zero-order valence-corrected chi connectivity index (χ0v) is 18.2. The molecular weight excluding hydrogens is 404 g/mol. The molecule has 29 heavy (non-hydrogen) atoms. The van der Waals surface area contributed by atoms with Crippen LogP contribution in [-0.4, -0.2) is 26.4 Å². The predicted octanol–water partition coefficient (Wildman–Crippen LogP) is 5.00. The Balaban J connectivity index is 1.44. The topological polar surface area (TPSA) is 73.0 Å². The number of carbonyl (C=O) groups is 1. The molecule has 0 radical (unpaired) electrons. The van der Waals surface area contributed by atoms with Gasteiger partial charge in [0.25, 0.3) is 0 Å². The highest BCUT2D eigenvalue weighted by Crippen LogP contribution is 2.33.